The Kier molecular flexibility index (Phi) is 5.60. The monoisotopic (exact) mass is 364 g/mol. The molecule has 27 heavy (non-hydrogen) atoms. The first-order chi connectivity index (χ1) is 13.0. The number of rotatable bonds is 7. The van der Waals surface area contributed by atoms with Crippen LogP contribution >= 0.6 is 0 Å². The highest BCUT2D eigenvalue weighted by atomic mass is 16.4. The fourth-order valence-electron chi connectivity index (χ4n) is 3.29. The predicted molar refractivity (Wildman–Crippen MR) is 106 cm³/mol. The standard InChI is InChI=1S/C22H24N2O3/c1-16(2)24(13-12-21(25)26)22(27)19-15-23(14-17-8-4-3-5-9-17)20-11-7-6-10-18(19)20/h3-11,15-16H,12-14H2,1-2H3,(H,25,26). The lowest BCUT2D eigenvalue weighted by Gasteiger charge is -2.26. The first kappa shape index (κ1) is 18.7. The first-order valence-electron chi connectivity index (χ1n) is 9.12. The molecule has 0 bridgehead atoms. The van der Waals surface area contributed by atoms with Gasteiger partial charge in [-0.2, -0.15) is 0 Å². The summed E-state index contributed by atoms with van der Waals surface area (Å²) in [7, 11) is 0. The summed E-state index contributed by atoms with van der Waals surface area (Å²) in [6.07, 6.45) is 1.82. The Morgan fingerprint density at radius 1 is 1.04 bits per heavy atom. The quantitative estimate of drug-likeness (QED) is 0.689. The molecule has 1 heterocycles. The number of carbonyl (C=O) groups is 2. The average molecular weight is 364 g/mol. The van der Waals surface area contributed by atoms with Crippen LogP contribution in [0.1, 0.15) is 36.2 Å². The number of carbonyl (C=O) groups excluding carboxylic acids is 1. The van der Waals surface area contributed by atoms with Crippen molar-refractivity contribution in [3.8, 4) is 0 Å². The van der Waals surface area contributed by atoms with E-state index in [0.717, 1.165) is 16.5 Å². The zero-order chi connectivity index (χ0) is 19.4. The Balaban J connectivity index is 1.98. The maximum atomic E-state index is 13.2. The summed E-state index contributed by atoms with van der Waals surface area (Å²) in [4.78, 5) is 25.8. The molecule has 0 spiro atoms. The number of hydrogen-bond donors (Lipinski definition) is 1. The second-order valence-corrected chi connectivity index (χ2v) is 6.91. The van der Waals surface area contributed by atoms with Crippen LogP contribution in [0.3, 0.4) is 0 Å². The number of carboxylic acids is 1. The largest absolute Gasteiger partial charge is 0.481 e. The average Bonchev–Trinajstić information content (AvgIpc) is 3.01. The van der Waals surface area contributed by atoms with E-state index in [0.29, 0.717) is 12.1 Å². The van der Waals surface area contributed by atoms with E-state index in [1.165, 1.54) is 0 Å². The molecule has 0 unspecified atom stereocenters. The molecule has 1 N–H and O–H groups in total. The molecule has 0 aliphatic carbocycles. The van der Waals surface area contributed by atoms with Crippen molar-refractivity contribution in [3.63, 3.8) is 0 Å². The minimum Gasteiger partial charge on any atom is -0.481 e. The number of nitrogens with zero attached hydrogens (tertiary/aromatic N) is 2. The molecular formula is C22H24N2O3. The summed E-state index contributed by atoms with van der Waals surface area (Å²) in [6.45, 7) is 4.68. The molecule has 0 saturated carbocycles. The SMILES string of the molecule is CC(C)N(CCC(=O)O)C(=O)c1cn(Cc2ccccc2)c2ccccc12. The van der Waals surface area contributed by atoms with Gasteiger partial charge in [0.25, 0.3) is 5.91 Å². The van der Waals surface area contributed by atoms with E-state index in [4.69, 9.17) is 5.11 Å². The van der Waals surface area contributed by atoms with Crippen molar-refractivity contribution >= 4 is 22.8 Å². The molecule has 0 aliphatic heterocycles. The van der Waals surface area contributed by atoms with Gasteiger partial charge in [-0.25, -0.2) is 0 Å². The van der Waals surface area contributed by atoms with E-state index in [2.05, 4.69) is 16.7 Å². The number of hydrogen-bond acceptors (Lipinski definition) is 2. The summed E-state index contributed by atoms with van der Waals surface area (Å²) >= 11 is 0. The molecule has 1 amide bonds. The van der Waals surface area contributed by atoms with E-state index in [-0.39, 0.29) is 24.9 Å². The highest BCUT2D eigenvalue weighted by molar-refractivity contribution is 6.07. The highest BCUT2D eigenvalue weighted by Crippen LogP contribution is 2.24. The predicted octanol–water partition coefficient (Wildman–Crippen LogP) is 4.01. The van der Waals surface area contributed by atoms with Crippen LogP contribution in [0.5, 0.6) is 0 Å². The highest BCUT2D eigenvalue weighted by Gasteiger charge is 2.23. The topological polar surface area (TPSA) is 62.5 Å². The van der Waals surface area contributed by atoms with Gasteiger partial charge in [-0.15, -0.1) is 0 Å². The van der Waals surface area contributed by atoms with Gasteiger partial charge in [0.2, 0.25) is 0 Å². The van der Waals surface area contributed by atoms with Crippen molar-refractivity contribution in [2.75, 3.05) is 6.54 Å². The molecular weight excluding hydrogens is 340 g/mol. The number of amides is 1. The summed E-state index contributed by atoms with van der Waals surface area (Å²) in [5.41, 5.74) is 2.76. The van der Waals surface area contributed by atoms with Gasteiger partial charge in [0.15, 0.2) is 0 Å². The van der Waals surface area contributed by atoms with E-state index in [1.54, 1.807) is 4.90 Å². The number of aromatic nitrogens is 1. The summed E-state index contributed by atoms with van der Waals surface area (Å²) in [5, 5.41) is 9.88. The van der Waals surface area contributed by atoms with Crippen LogP contribution in [0, 0.1) is 0 Å². The van der Waals surface area contributed by atoms with Crippen LogP contribution in [-0.4, -0.2) is 39.0 Å². The zero-order valence-electron chi connectivity index (χ0n) is 15.6. The molecule has 140 valence electrons. The molecule has 0 radical (unpaired) electrons. The fraction of sp³-hybridized carbons (Fsp3) is 0.273. The lowest BCUT2D eigenvalue weighted by molar-refractivity contribution is -0.137. The maximum Gasteiger partial charge on any atom is 0.305 e. The Morgan fingerprint density at radius 2 is 1.70 bits per heavy atom. The van der Waals surface area contributed by atoms with E-state index in [1.807, 2.05) is 62.5 Å². The van der Waals surface area contributed by atoms with Gasteiger partial charge in [0.05, 0.1) is 12.0 Å². The molecule has 1 aromatic heterocycles. The normalized spacial score (nSPS) is 11.1. The van der Waals surface area contributed by atoms with E-state index < -0.39 is 5.97 Å². The van der Waals surface area contributed by atoms with E-state index in [9.17, 15) is 9.59 Å². The first-order valence-corrected chi connectivity index (χ1v) is 9.12. The third-order valence-corrected chi connectivity index (χ3v) is 4.67. The molecule has 5 heteroatoms. The van der Waals surface area contributed by atoms with Gasteiger partial charge in [-0.05, 0) is 25.5 Å². The number of benzene rings is 2. The Bertz CT molecular complexity index is 945. The lowest BCUT2D eigenvalue weighted by Crippen LogP contribution is -2.38. The zero-order valence-corrected chi connectivity index (χ0v) is 15.6. The Morgan fingerprint density at radius 3 is 2.37 bits per heavy atom. The number of para-hydroxylation sites is 1. The minimum atomic E-state index is -0.903. The number of carboxylic acid groups (broad SMARTS) is 1. The molecule has 5 nitrogen and oxygen atoms in total. The van der Waals surface area contributed by atoms with Crippen molar-refractivity contribution in [1.82, 2.24) is 9.47 Å². The Labute approximate surface area is 158 Å². The van der Waals surface area contributed by atoms with Crippen LogP contribution in [0.15, 0.2) is 60.8 Å². The van der Waals surface area contributed by atoms with Crippen molar-refractivity contribution in [2.24, 2.45) is 0 Å². The lowest BCUT2D eigenvalue weighted by atomic mass is 10.1. The summed E-state index contributed by atoms with van der Waals surface area (Å²) in [5.74, 6) is -1.03. The van der Waals surface area contributed by atoms with Crippen LogP contribution in [0.4, 0.5) is 0 Å². The minimum absolute atomic E-state index is 0.0629. The number of aliphatic carboxylic acids is 1. The van der Waals surface area contributed by atoms with Crippen molar-refractivity contribution in [3.05, 3.63) is 71.9 Å². The smallest absolute Gasteiger partial charge is 0.305 e. The van der Waals surface area contributed by atoms with Crippen LogP contribution in [0.2, 0.25) is 0 Å². The third-order valence-electron chi connectivity index (χ3n) is 4.67. The molecule has 3 rings (SSSR count). The van der Waals surface area contributed by atoms with Gasteiger partial charge in [0, 0.05) is 36.2 Å². The molecule has 0 saturated heterocycles. The summed E-state index contributed by atoms with van der Waals surface area (Å²) in [6, 6.07) is 17.9. The fourth-order valence-corrected chi connectivity index (χ4v) is 3.29. The number of fused-ring (bicyclic) bond motifs is 1. The van der Waals surface area contributed by atoms with Gasteiger partial charge >= 0.3 is 5.97 Å². The molecule has 0 aliphatic rings. The van der Waals surface area contributed by atoms with Crippen molar-refractivity contribution in [1.29, 1.82) is 0 Å². The van der Waals surface area contributed by atoms with E-state index >= 15 is 0 Å². The molecule has 2 aromatic carbocycles. The van der Waals surface area contributed by atoms with Crippen LogP contribution < -0.4 is 0 Å². The third kappa shape index (κ3) is 4.19. The van der Waals surface area contributed by atoms with Crippen LogP contribution in [-0.2, 0) is 11.3 Å². The van der Waals surface area contributed by atoms with Crippen molar-refractivity contribution in [2.45, 2.75) is 32.9 Å². The summed E-state index contributed by atoms with van der Waals surface area (Å²) < 4.78 is 2.08. The molecule has 0 fully saturated rings. The van der Waals surface area contributed by atoms with Gasteiger partial charge < -0.3 is 14.6 Å². The van der Waals surface area contributed by atoms with Gasteiger partial charge in [-0.1, -0.05) is 48.5 Å². The molecule has 3 aromatic rings. The Hall–Kier alpha value is -3.08. The van der Waals surface area contributed by atoms with Gasteiger partial charge in [0.1, 0.15) is 0 Å². The molecule has 0 atom stereocenters. The second kappa shape index (κ2) is 8.08. The van der Waals surface area contributed by atoms with Gasteiger partial charge in [-0.3, -0.25) is 9.59 Å². The second-order valence-electron chi connectivity index (χ2n) is 6.91. The maximum absolute atomic E-state index is 13.2. The van der Waals surface area contributed by atoms with Crippen LogP contribution in [0.25, 0.3) is 10.9 Å². The van der Waals surface area contributed by atoms with Crippen molar-refractivity contribution < 1.29 is 14.7 Å².